The van der Waals surface area contributed by atoms with Gasteiger partial charge in [0.15, 0.2) is 11.6 Å². The van der Waals surface area contributed by atoms with E-state index in [0.29, 0.717) is 12.2 Å². The summed E-state index contributed by atoms with van der Waals surface area (Å²) in [5, 5.41) is 18.8. The summed E-state index contributed by atoms with van der Waals surface area (Å²) >= 11 is 0. The Balaban J connectivity index is 1.58. The van der Waals surface area contributed by atoms with Crippen LogP contribution in [0.1, 0.15) is 44.0 Å². The number of unbranched alkanes of at least 4 members (excludes halogenated alkanes) is 1. The number of nitrogens with one attached hydrogen (secondary N) is 1. The summed E-state index contributed by atoms with van der Waals surface area (Å²) in [5.41, 5.74) is 3.96. The van der Waals surface area contributed by atoms with E-state index in [2.05, 4.69) is 56.7 Å². The van der Waals surface area contributed by atoms with E-state index in [0.717, 1.165) is 59.8 Å². The number of aromatic amines is 1. The lowest BCUT2D eigenvalue weighted by molar-refractivity contribution is 0.545. The number of tetrazole rings is 1. The summed E-state index contributed by atoms with van der Waals surface area (Å²) in [4.78, 5) is 9.38. The minimum absolute atomic E-state index is 0.640. The first kappa shape index (κ1) is 18.9. The normalized spacial score (nSPS) is 11.1. The number of nitrogens with zero attached hydrogens (tertiary/aromatic N) is 7. The van der Waals surface area contributed by atoms with Crippen LogP contribution in [0.15, 0.2) is 42.6 Å². The lowest BCUT2D eigenvalue weighted by atomic mass is 10.0. The molecule has 0 saturated heterocycles. The molecule has 8 nitrogen and oxygen atoms in total. The zero-order valence-corrected chi connectivity index (χ0v) is 16.7. The minimum atomic E-state index is 0.640. The predicted octanol–water partition coefficient (Wildman–Crippen LogP) is 3.47. The molecule has 148 valence electrons. The number of H-pyrrole nitrogens is 1. The van der Waals surface area contributed by atoms with E-state index in [1.807, 2.05) is 35.1 Å². The van der Waals surface area contributed by atoms with Crippen LogP contribution in [0.5, 0.6) is 0 Å². The molecule has 4 rings (SSSR count). The largest absolute Gasteiger partial charge is 0.260 e. The molecule has 29 heavy (non-hydrogen) atoms. The monoisotopic (exact) mass is 388 g/mol. The molecule has 0 unspecified atom stereocenters. The number of pyridine rings is 1. The molecule has 0 saturated carbocycles. The molecule has 0 aliphatic rings. The van der Waals surface area contributed by atoms with E-state index in [4.69, 9.17) is 4.98 Å². The molecule has 1 N–H and O–H groups in total. The first-order chi connectivity index (χ1) is 14.3. The first-order valence-electron chi connectivity index (χ1n) is 9.99. The van der Waals surface area contributed by atoms with Gasteiger partial charge in [-0.3, -0.25) is 4.98 Å². The third kappa shape index (κ3) is 4.21. The van der Waals surface area contributed by atoms with Gasteiger partial charge in [-0.2, -0.15) is 5.10 Å². The average molecular weight is 388 g/mol. The average Bonchev–Trinajstić information content (AvgIpc) is 3.43. The van der Waals surface area contributed by atoms with Crippen LogP contribution in [-0.2, 0) is 19.4 Å². The van der Waals surface area contributed by atoms with Crippen LogP contribution in [-0.4, -0.2) is 40.4 Å². The number of hydrogen-bond donors (Lipinski definition) is 1. The predicted molar refractivity (Wildman–Crippen MR) is 110 cm³/mol. The number of aryl methyl sites for hydroxylation is 2. The van der Waals surface area contributed by atoms with Crippen molar-refractivity contribution in [1.29, 1.82) is 0 Å². The molecular weight excluding hydrogens is 364 g/mol. The summed E-state index contributed by atoms with van der Waals surface area (Å²) in [6, 6.07) is 12.1. The van der Waals surface area contributed by atoms with Gasteiger partial charge in [-0.1, -0.05) is 50.6 Å². The standard InChI is InChI=1S/C21H24N8/c1-3-5-12-29-20(23-19(4-2)26-29)13-16-11-10-15(14-22-16)17-8-6-7-9-18(17)21-24-27-28-25-21/h6-11,14H,3-5,12-13H2,1-2H3,(H,24,25,27,28). The Hall–Kier alpha value is -3.42. The van der Waals surface area contributed by atoms with Crippen LogP contribution in [0.25, 0.3) is 22.5 Å². The van der Waals surface area contributed by atoms with Crippen LogP contribution in [0, 0.1) is 0 Å². The maximum atomic E-state index is 4.69. The molecule has 0 aliphatic carbocycles. The van der Waals surface area contributed by atoms with Crippen LogP contribution < -0.4 is 0 Å². The molecule has 1 aromatic carbocycles. The number of rotatable bonds is 8. The Labute approximate surface area is 169 Å². The minimum Gasteiger partial charge on any atom is -0.260 e. The quantitative estimate of drug-likeness (QED) is 0.496. The molecule has 0 spiro atoms. The van der Waals surface area contributed by atoms with Crippen LogP contribution in [0.2, 0.25) is 0 Å². The van der Waals surface area contributed by atoms with Gasteiger partial charge in [-0.15, -0.1) is 5.10 Å². The van der Waals surface area contributed by atoms with Crippen LogP contribution in [0.4, 0.5) is 0 Å². The van der Waals surface area contributed by atoms with Crippen molar-refractivity contribution >= 4 is 0 Å². The summed E-state index contributed by atoms with van der Waals surface area (Å²) in [6.45, 7) is 5.16. The van der Waals surface area contributed by atoms with E-state index in [1.54, 1.807) is 0 Å². The molecule has 0 amide bonds. The van der Waals surface area contributed by atoms with E-state index in [9.17, 15) is 0 Å². The van der Waals surface area contributed by atoms with Crippen molar-refractivity contribution < 1.29 is 0 Å². The number of benzene rings is 1. The molecule has 0 aliphatic heterocycles. The van der Waals surface area contributed by atoms with Crippen molar-refractivity contribution in [3.63, 3.8) is 0 Å². The van der Waals surface area contributed by atoms with Gasteiger partial charge in [0.2, 0.25) is 0 Å². The second-order valence-electron chi connectivity index (χ2n) is 6.88. The lowest BCUT2D eigenvalue weighted by Gasteiger charge is -2.08. The van der Waals surface area contributed by atoms with Gasteiger partial charge in [-0.05, 0) is 28.5 Å². The molecule has 3 aromatic heterocycles. The van der Waals surface area contributed by atoms with Crippen molar-refractivity contribution in [3.05, 3.63) is 59.9 Å². The molecule has 0 radical (unpaired) electrons. The summed E-state index contributed by atoms with van der Waals surface area (Å²) < 4.78 is 2.03. The smallest absolute Gasteiger partial charge is 0.180 e. The molecular formula is C21H24N8. The fourth-order valence-electron chi connectivity index (χ4n) is 3.26. The summed E-state index contributed by atoms with van der Waals surface area (Å²) in [6.07, 6.45) is 5.63. The topological polar surface area (TPSA) is 98.1 Å². The van der Waals surface area contributed by atoms with Gasteiger partial charge < -0.3 is 0 Å². The van der Waals surface area contributed by atoms with E-state index < -0.39 is 0 Å². The van der Waals surface area contributed by atoms with Gasteiger partial charge in [0.25, 0.3) is 0 Å². The highest BCUT2D eigenvalue weighted by Gasteiger charge is 2.12. The number of aromatic nitrogens is 8. The summed E-state index contributed by atoms with van der Waals surface area (Å²) in [7, 11) is 0. The highest BCUT2D eigenvalue weighted by Crippen LogP contribution is 2.29. The van der Waals surface area contributed by atoms with E-state index >= 15 is 0 Å². The van der Waals surface area contributed by atoms with Crippen molar-refractivity contribution in [2.45, 2.75) is 46.1 Å². The van der Waals surface area contributed by atoms with Gasteiger partial charge in [0.05, 0.1) is 0 Å². The fourth-order valence-corrected chi connectivity index (χ4v) is 3.26. The molecule has 0 bridgehead atoms. The van der Waals surface area contributed by atoms with Crippen molar-refractivity contribution in [1.82, 2.24) is 40.4 Å². The van der Waals surface area contributed by atoms with Crippen LogP contribution >= 0.6 is 0 Å². The Bertz CT molecular complexity index is 1050. The Morgan fingerprint density at radius 1 is 1.03 bits per heavy atom. The van der Waals surface area contributed by atoms with Gasteiger partial charge in [0, 0.05) is 42.4 Å². The molecule has 0 fully saturated rings. The molecule has 3 heterocycles. The fraction of sp³-hybridized carbons (Fsp3) is 0.333. The molecule has 0 atom stereocenters. The van der Waals surface area contributed by atoms with Gasteiger partial charge in [0.1, 0.15) is 5.82 Å². The van der Waals surface area contributed by atoms with E-state index in [1.165, 1.54) is 0 Å². The summed E-state index contributed by atoms with van der Waals surface area (Å²) in [5.74, 6) is 2.51. The Morgan fingerprint density at radius 3 is 2.59 bits per heavy atom. The third-order valence-electron chi connectivity index (χ3n) is 4.83. The van der Waals surface area contributed by atoms with Gasteiger partial charge >= 0.3 is 0 Å². The zero-order valence-electron chi connectivity index (χ0n) is 16.7. The maximum absolute atomic E-state index is 4.69. The maximum Gasteiger partial charge on any atom is 0.180 e. The highest BCUT2D eigenvalue weighted by molar-refractivity contribution is 5.79. The second kappa shape index (κ2) is 8.72. The van der Waals surface area contributed by atoms with Crippen molar-refractivity contribution in [2.75, 3.05) is 0 Å². The lowest BCUT2D eigenvalue weighted by Crippen LogP contribution is -2.07. The van der Waals surface area contributed by atoms with Crippen LogP contribution in [0.3, 0.4) is 0 Å². The second-order valence-corrected chi connectivity index (χ2v) is 6.88. The highest BCUT2D eigenvalue weighted by atomic mass is 15.5. The Morgan fingerprint density at radius 2 is 1.90 bits per heavy atom. The molecule has 8 heteroatoms. The third-order valence-corrected chi connectivity index (χ3v) is 4.83. The number of hydrogen-bond acceptors (Lipinski definition) is 6. The van der Waals surface area contributed by atoms with Gasteiger partial charge in [-0.25, -0.2) is 14.8 Å². The SMILES string of the molecule is CCCCn1nc(CC)nc1Cc1ccc(-c2ccccc2-c2nnn[nH]2)cn1. The van der Waals surface area contributed by atoms with Crippen molar-refractivity contribution in [3.8, 4) is 22.5 Å². The van der Waals surface area contributed by atoms with E-state index in [-0.39, 0.29) is 0 Å². The Kier molecular flexibility index (Phi) is 5.69. The molecule has 4 aromatic rings. The first-order valence-corrected chi connectivity index (χ1v) is 9.99. The zero-order chi connectivity index (χ0) is 20.1. The van der Waals surface area contributed by atoms with Crippen molar-refractivity contribution in [2.24, 2.45) is 0 Å².